The number of phenols is 1. The zero-order chi connectivity index (χ0) is 13.8. The molecule has 1 aliphatic rings. The van der Waals surface area contributed by atoms with Crippen LogP contribution in [-0.4, -0.2) is 35.6 Å². The molecule has 7 heteroatoms. The van der Waals surface area contributed by atoms with E-state index in [0.717, 1.165) is 5.56 Å². The van der Waals surface area contributed by atoms with Crippen LogP contribution in [0.25, 0.3) is 0 Å². The molecule has 0 aliphatic carbocycles. The van der Waals surface area contributed by atoms with Crippen LogP contribution in [0, 0.1) is 0 Å². The zero-order valence-corrected chi connectivity index (χ0v) is 10.1. The fourth-order valence-corrected chi connectivity index (χ4v) is 1.71. The third-order valence-electron chi connectivity index (χ3n) is 2.78. The molecular weight excluding hydrogens is 250 g/mol. The Morgan fingerprint density at radius 3 is 2.79 bits per heavy atom. The van der Waals surface area contributed by atoms with Gasteiger partial charge in [-0.2, -0.15) is 0 Å². The summed E-state index contributed by atoms with van der Waals surface area (Å²) < 4.78 is 0. The third-order valence-corrected chi connectivity index (χ3v) is 2.78. The van der Waals surface area contributed by atoms with Gasteiger partial charge in [0, 0.05) is 0 Å². The lowest BCUT2D eigenvalue weighted by molar-refractivity contribution is -0.129. The van der Waals surface area contributed by atoms with Crippen LogP contribution in [0.3, 0.4) is 0 Å². The van der Waals surface area contributed by atoms with Gasteiger partial charge in [-0.3, -0.25) is 14.4 Å². The van der Waals surface area contributed by atoms with Gasteiger partial charge in [-0.15, -0.1) is 0 Å². The molecule has 0 aromatic heterocycles. The molecule has 2 amide bonds. The van der Waals surface area contributed by atoms with E-state index in [1.54, 1.807) is 12.1 Å². The smallest absolute Gasteiger partial charge is 0.268 e. The van der Waals surface area contributed by atoms with E-state index >= 15 is 0 Å². The van der Waals surface area contributed by atoms with Gasteiger partial charge < -0.3 is 16.2 Å². The summed E-state index contributed by atoms with van der Waals surface area (Å²) in [5, 5.41) is 11.7. The molecule has 102 valence electrons. The molecule has 7 nitrogen and oxygen atoms in total. The second kappa shape index (κ2) is 5.68. The number of aromatic hydroxyl groups is 1. The summed E-state index contributed by atoms with van der Waals surface area (Å²) in [5.74, 6) is -0.648. The number of rotatable bonds is 4. The lowest BCUT2D eigenvalue weighted by atomic mass is 10.1. The molecule has 0 spiro atoms. The minimum Gasteiger partial charge on any atom is -0.508 e. The van der Waals surface area contributed by atoms with Crippen LogP contribution in [0.15, 0.2) is 24.3 Å². The van der Waals surface area contributed by atoms with Crippen LogP contribution < -0.4 is 16.5 Å². The monoisotopic (exact) mass is 265 g/mol. The Balaban J connectivity index is 1.88. The van der Waals surface area contributed by atoms with Gasteiger partial charge in [-0.05, 0) is 24.1 Å². The first-order chi connectivity index (χ1) is 9.06. The van der Waals surface area contributed by atoms with E-state index in [0.29, 0.717) is 6.42 Å². The average Bonchev–Trinajstić information content (AvgIpc) is 2.78. The second-order valence-corrected chi connectivity index (χ2v) is 4.32. The van der Waals surface area contributed by atoms with Crippen LogP contribution in [0.2, 0.25) is 0 Å². The molecule has 2 rings (SSSR count). The molecule has 0 radical (unpaired) electrons. The first kappa shape index (κ1) is 13.3. The highest BCUT2D eigenvalue weighted by Crippen LogP contribution is 2.11. The number of hydroxylamine groups is 1. The minimum atomic E-state index is -0.766. The summed E-state index contributed by atoms with van der Waals surface area (Å²) in [6.45, 7) is 0.0938. The highest BCUT2D eigenvalue weighted by molar-refractivity contribution is 5.90. The van der Waals surface area contributed by atoms with Gasteiger partial charge in [-0.25, -0.2) is 5.48 Å². The van der Waals surface area contributed by atoms with E-state index in [-0.39, 0.29) is 18.3 Å². The maximum Gasteiger partial charge on any atom is 0.268 e. The van der Waals surface area contributed by atoms with Gasteiger partial charge in [0.05, 0.1) is 6.04 Å². The molecule has 1 saturated heterocycles. The maximum atomic E-state index is 11.8. The molecule has 1 heterocycles. The fourth-order valence-electron chi connectivity index (χ4n) is 1.71. The molecule has 1 aliphatic heterocycles. The third kappa shape index (κ3) is 3.43. The summed E-state index contributed by atoms with van der Waals surface area (Å²) >= 11 is 0. The largest absolute Gasteiger partial charge is 0.508 e. The summed E-state index contributed by atoms with van der Waals surface area (Å²) in [7, 11) is 0. The molecule has 1 aromatic carbocycles. The normalized spacial score (nSPS) is 19.8. The fraction of sp³-hybridized carbons (Fsp3) is 0.333. The topological polar surface area (TPSA) is 114 Å². The summed E-state index contributed by atoms with van der Waals surface area (Å²) in [6, 6.07) is 4.97. The Hall–Kier alpha value is -2.12. The average molecular weight is 265 g/mol. The summed E-state index contributed by atoms with van der Waals surface area (Å²) in [5.41, 5.74) is 8.74. The number of nitrogens with one attached hydrogen (secondary N) is 2. The van der Waals surface area contributed by atoms with Crippen LogP contribution in [0.1, 0.15) is 5.56 Å². The quantitative estimate of drug-likeness (QED) is 0.546. The van der Waals surface area contributed by atoms with Crippen LogP contribution in [0.5, 0.6) is 5.75 Å². The number of hydrogen-bond acceptors (Lipinski definition) is 5. The van der Waals surface area contributed by atoms with Gasteiger partial charge in [0.1, 0.15) is 18.4 Å². The van der Waals surface area contributed by atoms with E-state index < -0.39 is 18.0 Å². The molecular formula is C12H15N3O4. The molecule has 5 N–H and O–H groups in total. The SMILES string of the molecule is N[C@@H](Cc1ccc(O)cc1)C(=O)N[C@@H]1CONC1=O. The van der Waals surface area contributed by atoms with Crippen molar-refractivity contribution in [3.05, 3.63) is 29.8 Å². The van der Waals surface area contributed by atoms with Crippen LogP contribution >= 0.6 is 0 Å². The Labute approximate surface area is 109 Å². The van der Waals surface area contributed by atoms with E-state index in [2.05, 4.69) is 10.8 Å². The van der Waals surface area contributed by atoms with Crippen molar-refractivity contribution in [2.24, 2.45) is 5.73 Å². The van der Waals surface area contributed by atoms with E-state index in [9.17, 15) is 9.59 Å². The molecule has 19 heavy (non-hydrogen) atoms. The Kier molecular flexibility index (Phi) is 3.98. The first-order valence-corrected chi connectivity index (χ1v) is 5.82. The second-order valence-electron chi connectivity index (χ2n) is 4.32. The van der Waals surface area contributed by atoms with E-state index in [1.807, 2.05) is 0 Å². The Morgan fingerprint density at radius 2 is 2.21 bits per heavy atom. The van der Waals surface area contributed by atoms with Crippen molar-refractivity contribution in [2.75, 3.05) is 6.61 Å². The van der Waals surface area contributed by atoms with Crippen LogP contribution in [-0.2, 0) is 20.8 Å². The van der Waals surface area contributed by atoms with Crippen molar-refractivity contribution < 1.29 is 19.5 Å². The molecule has 0 unspecified atom stereocenters. The Bertz CT molecular complexity index is 474. The van der Waals surface area contributed by atoms with Crippen molar-refractivity contribution in [1.29, 1.82) is 0 Å². The minimum absolute atomic E-state index is 0.0938. The van der Waals surface area contributed by atoms with Gasteiger partial charge in [0.25, 0.3) is 5.91 Å². The number of carbonyl (C=O) groups excluding carboxylic acids is 2. The molecule has 0 saturated carbocycles. The first-order valence-electron chi connectivity index (χ1n) is 5.82. The number of nitrogens with two attached hydrogens (primary N) is 1. The highest BCUT2D eigenvalue weighted by atomic mass is 16.7. The van der Waals surface area contributed by atoms with Crippen molar-refractivity contribution >= 4 is 11.8 Å². The predicted octanol–water partition coefficient (Wildman–Crippen LogP) is -1.19. The summed E-state index contributed by atoms with van der Waals surface area (Å²) in [6.07, 6.45) is 0.321. The predicted molar refractivity (Wildman–Crippen MR) is 65.8 cm³/mol. The van der Waals surface area contributed by atoms with Crippen LogP contribution in [0.4, 0.5) is 0 Å². The number of phenolic OH excluding ortho intramolecular Hbond substituents is 1. The zero-order valence-electron chi connectivity index (χ0n) is 10.1. The van der Waals surface area contributed by atoms with Crippen molar-refractivity contribution in [3.63, 3.8) is 0 Å². The van der Waals surface area contributed by atoms with E-state index in [4.69, 9.17) is 15.7 Å². The molecule has 1 aromatic rings. The number of carbonyl (C=O) groups is 2. The van der Waals surface area contributed by atoms with Gasteiger partial charge in [0.2, 0.25) is 5.91 Å². The molecule has 0 bridgehead atoms. The number of benzene rings is 1. The maximum absolute atomic E-state index is 11.8. The van der Waals surface area contributed by atoms with Gasteiger partial charge in [0.15, 0.2) is 0 Å². The summed E-state index contributed by atoms with van der Waals surface area (Å²) in [4.78, 5) is 27.7. The standard InChI is InChI=1S/C12H15N3O4/c13-9(5-7-1-3-8(16)4-2-7)11(17)14-10-6-19-15-12(10)18/h1-4,9-10,16H,5-6,13H2,(H,14,17)(H,15,18)/t9-,10+/m0/s1. The van der Waals surface area contributed by atoms with Crippen molar-refractivity contribution in [2.45, 2.75) is 18.5 Å². The molecule has 2 atom stereocenters. The lowest BCUT2D eigenvalue weighted by Gasteiger charge is -2.14. The lowest BCUT2D eigenvalue weighted by Crippen LogP contribution is -2.49. The van der Waals surface area contributed by atoms with Gasteiger partial charge in [-0.1, -0.05) is 12.1 Å². The molecule has 1 fully saturated rings. The van der Waals surface area contributed by atoms with Gasteiger partial charge >= 0.3 is 0 Å². The van der Waals surface area contributed by atoms with E-state index in [1.165, 1.54) is 12.1 Å². The Morgan fingerprint density at radius 1 is 1.53 bits per heavy atom. The number of hydrogen-bond donors (Lipinski definition) is 4. The highest BCUT2D eigenvalue weighted by Gasteiger charge is 2.28. The van der Waals surface area contributed by atoms with Crippen molar-refractivity contribution in [1.82, 2.24) is 10.8 Å². The number of amides is 2. The van der Waals surface area contributed by atoms with Crippen molar-refractivity contribution in [3.8, 4) is 5.75 Å².